The molecule has 1 aliphatic carbocycles. The van der Waals surface area contributed by atoms with Crippen LogP contribution in [0.15, 0.2) is 24.3 Å². The molecule has 0 spiro atoms. The Morgan fingerprint density at radius 3 is 2.50 bits per heavy atom. The number of hydrogen-bond donors (Lipinski definition) is 1. The predicted molar refractivity (Wildman–Crippen MR) is 83.4 cm³/mol. The minimum atomic E-state index is -0.140. The summed E-state index contributed by atoms with van der Waals surface area (Å²) in [6.45, 7) is 3.29. The third-order valence-corrected chi connectivity index (χ3v) is 4.42. The topological polar surface area (TPSA) is 12.0 Å². The lowest BCUT2D eigenvalue weighted by molar-refractivity contribution is 0.296. The number of benzene rings is 1. The first-order valence-corrected chi connectivity index (χ1v) is 8.25. The maximum absolute atomic E-state index is 13.0. The van der Waals surface area contributed by atoms with Crippen LogP contribution in [0, 0.1) is 11.7 Å². The average molecular weight is 277 g/mol. The van der Waals surface area contributed by atoms with Crippen LogP contribution in [0.3, 0.4) is 0 Å². The van der Waals surface area contributed by atoms with Crippen molar-refractivity contribution in [3.05, 3.63) is 35.6 Å². The van der Waals surface area contributed by atoms with Crippen molar-refractivity contribution in [2.75, 3.05) is 6.54 Å². The van der Waals surface area contributed by atoms with Gasteiger partial charge in [0, 0.05) is 6.04 Å². The third kappa shape index (κ3) is 5.24. The lowest BCUT2D eigenvalue weighted by Gasteiger charge is -2.27. The molecular formula is C18H28FN. The van der Waals surface area contributed by atoms with Crippen LogP contribution in [0.1, 0.15) is 57.4 Å². The van der Waals surface area contributed by atoms with Crippen LogP contribution >= 0.6 is 0 Å². The number of halogens is 1. The average Bonchev–Trinajstić information content (AvgIpc) is 2.48. The molecule has 1 nitrogen and oxygen atoms in total. The molecule has 1 aromatic rings. The van der Waals surface area contributed by atoms with E-state index >= 15 is 0 Å². The largest absolute Gasteiger partial charge is 0.314 e. The van der Waals surface area contributed by atoms with E-state index in [1.54, 1.807) is 12.1 Å². The van der Waals surface area contributed by atoms with E-state index in [1.165, 1.54) is 50.5 Å². The van der Waals surface area contributed by atoms with Gasteiger partial charge in [-0.3, -0.25) is 0 Å². The highest BCUT2D eigenvalue weighted by atomic mass is 19.1. The van der Waals surface area contributed by atoms with E-state index in [0.29, 0.717) is 6.04 Å². The third-order valence-electron chi connectivity index (χ3n) is 4.42. The van der Waals surface area contributed by atoms with E-state index in [4.69, 9.17) is 0 Å². The van der Waals surface area contributed by atoms with Gasteiger partial charge in [-0.15, -0.1) is 0 Å². The van der Waals surface area contributed by atoms with Crippen molar-refractivity contribution in [1.29, 1.82) is 0 Å². The smallest absolute Gasteiger partial charge is 0.123 e. The molecular weight excluding hydrogens is 249 g/mol. The van der Waals surface area contributed by atoms with Gasteiger partial charge < -0.3 is 5.32 Å². The van der Waals surface area contributed by atoms with E-state index in [9.17, 15) is 4.39 Å². The Labute approximate surface area is 123 Å². The minimum Gasteiger partial charge on any atom is -0.314 e. The first-order chi connectivity index (χ1) is 9.78. The van der Waals surface area contributed by atoms with Crippen LogP contribution < -0.4 is 5.32 Å². The number of hydrogen-bond acceptors (Lipinski definition) is 1. The SMILES string of the molecule is CCCNC(Cc1ccc(F)cc1)CC1CCCCC1. The lowest BCUT2D eigenvalue weighted by atomic mass is 9.83. The molecule has 1 unspecified atom stereocenters. The van der Waals surface area contributed by atoms with Gasteiger partial charge in [0.15, 0.2) is 0 Å². The van der Waals surface area contributed by atoms with Crippen molar-refractivity contribution < 1.29 is 4.39 Å². The van der Waals surface area contributed by atoms with Crippen LogP contribution in [0.5, 0.6) is 0 Å². The van der Waals surface area contributed by atoms with Gasteiger partial charge in [0.25, 0.3) is 0 Å². The van der Waals surface area contributed by atoms with Crippen molar-refractivity contribution in [2.45, 2.75) is 64.3 Å². The van der Waals surface area contributed by atoms with Gasteiger partial charge in [-0.1, -0.05) is 51.2 Å². The molecule has 0 bridgehead atoms. The summed E-state index contributed by atoms with van der Waals surface area (Å²) in [5.41, 5.74) is 1.25. The highest BCUT2D eigenvalue weighted by Gasteiger charge is 2.18. The maximum atomic E-state index is 13.0. The quantitative estimate of drug-likeness (QED) is 0.761. The van der Waals surface area contributed by atoms with Gasteiger partial charge in [0.05, 0.1) is 0 Å². The van der Waals surface area contributed by atoms with Crippen LogP contribution in [0.25, 0.3) is 0 Å². The molecule has 1 aromatic carbocycles. The van der Waals surface area contributed by atoms with Gasteiger partial charge in [0.2, 0.25) is 0 Å². The van der Waals surface area contributed by atoms with Crippen LogP contribution in [0.2, 0.25) is 0 Å². The monoisotopic (exact) mass is 277 g/mol. The zero-order chi connectivity index (χ0) is 14.2. The molecule has 1 fully saturated rings. The van der Waals surface area contributed by atoms with E-state index < -0.39 is 0 Å². The molecule has 0 amide bonds. The van der Waals surface area contributed by atoms with Gasteiger partial charge in [-0.25, -0.2) is 4.39 Å². The second-order valence-electron chi connectivity index (χ2n) is 6.22. The zero-order valence-corrected chi connectivity index (χ0v) is 12.7. The summed E-state index contributed by atoms with van der Waals surface area (Å²) in [4.78, 5) is 0. The Hall–Kier alpha value is -0.890. The molecule has 0 aromatic heterocycles. The second-order valence-corrected chi connectivity index (χ2v) is 6.22. The highest BCUT2D eigenvalue weighted by molar-refractivity contribution is 5.17. The first-order valence-electron chi connectivity index (χ1n) is 8.25. The van der Waals surface area contributed by atoms with E-state index in [0.717, 1.165) is 18.9 Å². The summed E-state index contributed by atoms with van der Waals surface area (Å²) in [5, 5.41) is 3.69. The molecule has 2 heteroatoms. The second kappa shape index (κ2) is 8.41. The van der Waals surface area contributed by atoms with Crippen molar-refractivity contribution >= 4 is 0 Å². The van der Waals surface area contributed by atoms with Crippen LogP contribution in [-0.4, -0.2) is 12.6 Å². The van der Waals surface area contributed by atoms with Crippen molar-refractivity contribution in [3.63, 3.8) is 0 Å². The molecule has 0 radical (unpaired) electrons. The van der Waals surface area contributed by atoms with Gasteiger partial charge >= 0.3 is 0 Å². The molecule has 1 atom stereocenters. The summed E-state index contributed by atoms with van der Waals surface area (Å²) in [6, 6.07) is 7.55. The van der Waals surface area contributed by atoms with Crippen molar-refractivity contribution in [2.24, 2.45) is 5.92 Å². The summed E-state index contributed by atoms with van der Waals surface area (Å²) >= 11 is 0. The summed E-state index contributed by atoms with van der Waals surface area (Å²) in [7, 11) is 0. The van der Waals surface area contributed by atoms with Crippen LogP contribution in [0.4, 0.5) is 4.39 Å². The number of rotatable bonds is 7. The van der Waals surface area contributed by atoms with Crippen LogP contribution in [-0.2, 0) is 6.42 Å². The Morgan fingerprint density at radius 2 is 1.85 bits per heavy atom. The maximum Gasteiger partial charge on any atom is 0.123 e. The molecule has 20 heavy (non-hydrogen) atoms. The fraction of sp³-hybridized carbons (Fsp3) is 0.667. The lowest BCUT2D eigenvalue weighted by Crippen LogP contribution is -2.34. The summed E-state index contributed by atoms with van der Waals surface area (Å²) < 4.78 is 13.0. The summed E-state index contributed by atoms with van der Waals surface area (Å²) in [5.74, 6) is 0.748. The zero-order valence-electron chi connectivity index (χ0n) is 12.7. The minimum absolute atomic E-state index is 0.140. The molecule has 0 saturated heterocycles. The Morgan fingerprint density at radius 1 is 1.15 bits per heavy atom. The fourth-order valence-corrected chi connectivity index (χ4v) is 3.32. The fourth-order valence-electron chi connectivity index (χ4n) is 3.32. The van der Waals surface area contributed by atoms with E-state index in [2.05, 4.69) is 12.2 Å². The Bertz CT molecular complexity index is 368. The highest BCUT2D eigenvalue weighted by Crippen LogP contribution is 2.28. The first kappa shape index (κ1) is 15.5. The molecule has 0 heterocycles. The molecule has 2 rings (SSSR count). The van der Waals surface area contributed by atoms with Crippen molar-refractivity contribution in [1.82, 2.24) is 5.32 Å². The Balaban J connectivity index is 1.89. The molecule has 1 aliphatic rings. The normalized spacial score (nSPS) is 18.1. The Kier molecular flexibility index (Phi) is 6.52. The standard InChI is InChI=1S/C18H28FN/c1-2-12-20-18(13-15-6-4-3-5-7-15)14-16-8-10-17(19)11-9-16/h8-11,15,18,20H,2-7,12-14H2,1H3. The molecule has 1 N–H and O–H groups in total. The molecule has 1 saturated carbocycles. The van der Waals surface area contributed by atoms with Gasteiger partial charge in [0.1, 0.15) is 5.82 Å². The van der Waals surface area contributed by atoms with E-state index in [1.807, 2.05) is 12.1 Å². The number of nitrogens with one attached hydrogen (secondary N) is 1. The van der Waals surface area contributed by atoms with Gasteiger partial charge in [-0.2, -0.15) is 0 Å². The van der Waals surface area contributed by atoms with Gasteiger partial charge in [-0.05, 0) is 49.4 Å². The predicted octanol–water partition coefficient (Wildman–Crippen LogP) is 4.71. The summed E-state index contributed by atoms with van der Waals surface area (Å²) in [6.07, 6.45) is 10.5. The molecule has 112 valence electrons. The molecule has 0 aliphatic heterocycles. The van der Waals surface area contributed by atoms with Crippen molar-refractivity contribution in [3.8, 4) is 0 Å². The van der Waals surface area contributed by atoms with E-state index in [-0.39, 0.29) is 5.82 Å².